The number of hydrogen-bond acceptors (Lipinski definition) is 9. The fourth-order valence-electron chi connectivity index (χ4n) is 3.91. The third kappa shape index (κ3) is 7.87. The first-order chi connectivity index (χ1) is 20.6. The SMILES string of the molecule is CCNC(=O)Nc1cc(-n2ccc(C(F)(F)F)n2)c(-c2cncc(-c3nnc(N(CC(C)C)C(=O)OC(C)(C)C)o3)c2)cn1. The molecule has 0 bridgehead atoms. The topological polar surface area (TPSA) is 153 Å². The highest BCUT2D eigenvalue weighted by Crippen LogP contribution is 2.33. The summed E-state index contributed by atoms with van der Waals surface area (Å²) in [5, 5.41) is 16.9. The number of hydrogen-bond donors (Lipinski definition) is 2. The lowest BCUT2D eigenvalue weighted by atomic mass is 10.1. The van der Waals surface area contributed by atoms with Gasteiger partial charge in [-0.05, 0) is 45.7 Å². The van der Waals surface area contributed by atoms with Crippen molar-refractivity contribution in [1.82, 2.24) is 35.3 Å². The van der Waals surface area contributed by atoms with Crippen LogP contribution in [-0.2, 0) is 10.9 Å². The molecule has 0 radical (unpaired) electrons. The second kappa shape index (κ2) is 12.7. The van der Waals surface area contributed by atoms with Crippen molar-refractivity contribution in [3.05, 3.63) is 48.7 Å². The molecule has 0 fully saturated rings. The lowest BCUT2D eigenvalue weighted by Crippen LogP contribution is -2.39. The maximum atomic E-state index is 13.4. The van der Waals surface area contributed by atoms with E-state index in [0.717, 1.165) is 16.9 Å². The summed E-state index contributed by atoms with van der Waals surface area (Å²) in [5.74, 6) is 0.172. The molecule has 4 heterocycles. The van der Waals surface area contributed by atoms with Crippen LogP contribution in [0.25, 0.3) is 28.3 Å². The number of carbonyl (C=O) groups excluding carboxylic acids is 2. The van der Waals surface area contributed by atoms with Crippen molar-refractivity contribution in [2.24, 2.45) is 5.92 Å². The quantitative estimate of drug-likeness (QED) is 0.245. The Hall–Kier alpha value is -5.02. The predicted octanol–water partition coefficient (Wildman–Crippen LogP) is 5.94. The molecule has 0 unspecified atom stereocenters. The van der Waals surface area contributed by atoms with Gasteiger partial charge in [0.05, 0.1) is 11.3 Å². The molecule has 3 amide bonds. The fourth-order valence-corrected chi connectivity index (χ4v) is 3.91. The van der Waals surface area contributed by atoms with Crippen molar-refractivity contribution in [3.8, 4) is 28.3 Å². The zero-order valence-electron chi connectivity index (χ0n) is 24.9. The number of alkyl halides is 3. The minimum absolute atomic E-state index is 0.0362. The van der Waals surface area contributed by atoms with Gasteiger partial charge in [0.2, 0.25) is 0 Å². The molecule has 0 saturated carbocycles. The minimum Gasteiger partial charge on any atom is -0.443 e. The van der Waals surface area contributed by atoms with Crippen molar-refractivity contribution in [3.63, 3.8) is 0 Å². The highest BCUT2D eigenvalue weighted by Gasteiger charge is 2.34. The first-order valence-electron chi connectivity index (χ1n) is 13.6. The molecule has 234 valence electrons. The number of urea groups is 1. The number of aromatic nitrogens is 6. The van der Waals surface area contributed by atoms with Crippen LogP contribution in [0.5, 0.6) is 0 Å². The van der Waals surface area contributed by atoms with Crippen LogP contribution in [0, 0.1) is 5.92 Å². The zero-order valence-corrected chi connectivity index (χ0v) is 24.9. The van der Waals surface area contributed by atoms with Gasteiger partial charge in [0.1, 0.15) is 11.4 Å². The predicted molar refractivity (Wildman–Crippen MR) is 154 cm³/mol. The van der Waals surface area contributed by atoms with Crippen LogP contribution in [0.4, 0.5) is 34.6 Å². The number of nitrogens with one attached hydrogen (secondary N) is 2. The molecular weight excluding hydrogens is 583 g/mol. The molecule has 0 aromatic carbocycles. The van der Waals surface area contributed by atoms with E-state index in [4.69, 9.17) is 9.15 Å². The minimum atomic E-state index is -4.67. The van der Waals surface area contributed by atoms with Crippen LogP contribution >= 0.6 is 0 Å². The average molecular weight is 616 g/mol. The van der Waals surface area contributed by atoms with Crippen molar-refractivity contribution in [2.45, 2.75) is 53.3 Å². The van der Waals surface area contributed by atoms with E-state index >= 15 is 0 Å². The molecule has 0 aliphatic rings. The third-order valence-corrected chi connectivity index (χ3v) is 5.69. The Morgan fingerprint density at radius 1 is 1.09 bits per heavy atom. The summed E-state index contributed by atoms with van der Waals surface area (Å²) in [4.78, 5) is 34.7. The van der Waals surface area contributed by atoms with E-state index < -0.39 is 29.6 Å². The van der Waals surface area contributed by atoms with Crippen LogP contribution in [-0.4, -0.2) is 60.8 Å². The fraction of sp³-hybridized carbons (Fsp3) is 0.393. The lowest BCUT2D eigenvalue weighted by molar-refractivity contribution is -0.141. The molecule has 4 aromatic rings. The number of anilines is 2. The van der Waals surface area contributed by atoms with E-state index in [-0.39, 0.29) is 35.9 Å². The maximum Gasteiger partial charge on any atom is 0.435 e. The summed E-state index contributed by atoms with van der Waals surface area (Å²) in [7, 11) is 0. The number of ether oxygens (including phenoxy) is 1. The molecule has 0 saturated heterocycles. The van der Waals surface area contributed by atoms with Crippen LogP contribution < -0.4 is 15.5 Å². The second-order valence-electron chi connectivity index (χ2n) is 11.1. The largest absolute Gasteiger partial charge is 0.443 e. The van der Waals surface area contributed by atoms with E-state index in [0.29, 0.717) is 23.2 Å². The van der Waals surface area contributed by atoms with E-state index in [9.17, 15) is 22.8 Å². The molecule has 0 aliphatic heterocycles. The highest BCUT2D eigenvalue weighted by atomic mass is 19.4. The van der Waals surface area contributed by atoms with E-state index in [1.807, 2.05) is 13.8 Å². The first-order valence-corrected chi connectivity index (χ1v) is 13.6. The van der Waals surface area contributed by atoms with Gasteiger partial charge in [0.15, 0.2) is 5.69 Å². The summed E-state index contributed by atoms with van der Waals surface area (Å²) in [6.07, 6.45) is 0.133. The van der Waals surface area contributed by atoms with Gasteiger partial charge in [-0.25, -0.2) is 24.2 Å². The maximum absolute atomic E-state index is 13.4. The van der Waals surface area contributed by atoms with Gasteiger partial charge in [-0.1, -0.05) is 18.9 Å². The smallest absolute Gasteiger partial charge is 0.435 e. The molecule has 2 N–H and O–H groups in total. The van der Waals surface area contributed by atoms with Gasteiger partial charge in [-0.2, -0.15) is 18.3 Å². The number of pyridine rings is 2. The average Bonchev–Trinajstić information content (AvgIpc) is 3.62. The summed E-state index contributed by atoms with van der Waals surface area (Å²) < 4.78 is 52.5. The summed E-state index contributed by atoms with van der Waals surface area (Å²) in [6, 6.07) is 3.23. The van der Waals surface area contributed by atoms with Gasteiger partial charge >= 0.3 is 24.3 Å². The van der Waals surface area contributed by atoms with Gasteiger partial charge < -0.3 is 14.5 Å². The van der Waals surface area contributed by atoms with Crippen molar-refractivity contribution >= 4 is 24.0 Å². The Kier molecular flexibility index (Phi) is 9.20. The second-order valence-corrected chi connectivity index (χ2v) is 11.1. The molecule has 4 aromatic heterocycles. The van der Waals surface area contributed by atoms with Crippen LogP contribution in [0.15, 0.2) is 47.4 Å². The Morgan fingerprint density at radius 3 is 2.45 bits per heavy atom. The number of halogens is 3. The summed E-state index contributed by atoms with van der Waals surface area (Å²) >= 11 is 0. The molecule has 16 heteroatoms. The number of nitrogens with zero attached hydrogens (tertiary/aromatic N) is 7. The summed E-state index contributed by atoms with van der Waals surface area (Å²) in [5.41, 5.74) is -0.543. The van der Waals surface area contributed by atoms with Crippen LogP contribution in [0.3, 0.4) is 0 Å². The lowest BCUT2D eigenvalue weighted by Gasteiger charge is -2.25. The molecule has 0 aliphatic carbocycles. The summed E-state index contributed by atoms with van der Waals surface area (Å²) in [6.45, 7) is 11.4. The van der Waals surface area contributed by atoms with Crippen molar-refractivity contribution < 1.29 is 31.9 Å². The first kappa shape index (κ1) is 31.9. The van der Waals surface area contributed by atoms with Crippen LogP contribution in [0.2, 0.25) is 0 Å². The number of rotatable bonds is 8. The molecule has 13 nitrogen and oxygen atoms in total. The Labute approximate surface area is 250 Å². The van der Waals surface area contributed by atoms with E-state index in [1.54, 1.807) is 33.8 Å². The Morgan fingerprint density at radius 2 is 1.82 bits per heavy atom. The van der Waals surface area contributed by atoms with E-state index in [2.05, 4.69) is 35.9 Å². The molecule has 4 rings (SSSR count). The third-order valence-electron chi connectivity index (χ3n) is 5.69. The molecular formula is C28H32F3N9O4. The van der Waals surface area contributed by atoms with Gasteiger partial charge in [-0.15, -0.1) is 5.10 Å². The van der Waals surface area contributed by atoms with Gasteiger partial charge in [0, 0.05) is 55.1 Å². The standard InChI is InChI=1S/C28H32F3N9O4/c1-7-33-24(41)35-22-11-20(40-9-8-21(38-40)28(29,30)31)19(14-34-22)17-10-18(13-32-12-17)23-36-37-25(43-23)39(15-16(2)3)26(42)44-27(4,5)6/h8-14,16H,7,15H2,1-6H3,(H2,33,34,35,41). The zero-order chi connectivity index (χ0) is 32.2. The number of amides is 3. The molecule has 0 spiro atoms. The van der Waals surface area contributed by atoms with Gasteiger partial charge in [0.25, 0.3) is 5.89 Å². The van der Waals surface area contributed by atoms with Crippen molar-refractivity contribution in [1.29, 1.82) is 0 Å². The molecule has 44 heavy (non-hydrogen) atoms. The monoisotopic (exact) mass is 615 g/mol. The van der Waals surface area contributed by atoms with Gasteiger partial charge in [-0.3, -0.25) is 10.3 Å². The normalized spacial score (nSPS) is 11.9. The Balaban J connectivity index is 1.73. The van der Waals surface area contributed by atoms with Crippen LogP contribution in [0.1, 0.15) is 47.2 Å². The van der Waals surface area contributed by atoms with Crippen molar-refractivity contribution in [2.75, 3.05) is 23.3 Å². The Bertz CT molecular complexity index is 1630. The van der Waals surface area contributed by atoms with E-state index in [1.165, 1.54) is 29.6 Å². The number of carbonyl (C=O) groups is 2. The molecule has 0 atom stereocenters. The highest BCUT2D eigenvalue weighted by molar-refractivity contribution is 5.89.